The third-order valence-corrected chi connectivity index (χ3v) is 2.66. The molecule has 94 valence electrons. The van der Waals surface area contributed by atoms with Crippen molar-refractivity contribution < 1.29 is 10.0 Å². The molecule has 0 aliphatic rings. The van der Waals surface area contributed by atoms with Crippen molar-refractivity contribution in [2.45, 2.75) is 26.8 Å². The van der Waals surface area contributed by atoms with Gasteiger partial charge in [-0.1, -0.05) is 12.1 Å². The maximum absolute atomic E-state index is 11.0. The van der Waals surface area contributed by atoms with Gasteiger partial charge in [-0.05, 0) is 26.3 Å². The zero-order valence-electron chi connectivity index (χ0n) is 10.4. The van der Waals surface area contributed by atoms with Gasteiger partial charge in [-0.2, -0.15) is 0 Å². The van der Waals surface area contributed by atoms with Gasteiger partial charge in [-0.25, -0.2) is 0 Å². The molecule has 0 aromatic heterocycles. The maximum Gasteiger partial charge on any atom is 0.292 e. The van der Waals surface area contributed by atoms with Crippen molar-refractivity contribution in [1.29, 1.82) is 0 Å². The maximum atomic E-state index is 11.0. The molecule has 17 heavy (non-hydrogen) atoms. The van der Waals surface area contributed by atoms with E-state index < -0.39 is 0 Å². The molecule has 0 radical (unpaired) electrons. The lowest BCUT2D eigenvalue weighted by Gasteiger charge is -2.29. The molecule has 0 aliphatic carbocycles. The number of hydrogen-bond donors (Lipinski definition) is 1. The van der Waals surface area contributed by atoms with E-state index in [-0.39, 0.29) is 23.3 Å². The van der Waals surface area contributed by atoms with Crippen LogP contribution in [0.25, 0.3) is 0 Å². The second kappa shape index (κ2) is 5.63. The summed E-state index contributed by atoms with van der Waals surface area (Å²) >= 11 is 0. The Balaban J connectivity index is 3.29. The molecule has 0 amide bonds. The monoisotopic (exact) mass is 238 g/mol. The molecule has 5 heteroatoms. The van der Waals surface area contributed by atoms with Gasteiger partial charge in [0, 0.05) is 18.7 Å². The van der Waals surface area contributed by atoms with Crippen molar-refractivity contribution in [3.05, 3.63) is 33.9 Å². The first-order valence-corrected chi connectivity index (χ1v) is 5.60. The van der Waals surface area contributed by atoms with Crippen LogP contribution in [0.1, 0.15) is 19.4 Å². The number of nitrogens with zero attached hydrogens (tertiary/aromatic N) is 2. The Kier molecular flexibility index (Phi) is 4.45. The number of nitro benzene ring substituents is 1. The highest BCUT2D eigenvalue weighted by Crippen LogP contribution is 2.32. The number of benzene rings is 1. The van der Waals surface area contributed by atoms with E-state index in [1.54, 1.807) is 6.07 Å². The lowest BCUT2D eigenvalue weighted by atomic mass is 10.1. The molecule has 0 unspecified atom stereocenters. The van der Waals surface area contributed by atoms with E-state index in [4.69, 9.17) is 5.11 Å². The number of anilines is 1. The number of aliphatic hydroxyl groups excluding tert-OH is 1. The van der Waals surface area contributed by atoms with Crippen LogP contribution in [0.5, 0.6) is 0 Å². The van der Waals surface area contributed by atoms with Crippen LogP contribution in [-0.2, 0) is 0 Å². The minimum Gasteiger partial charge on any atom is -0.395 e. The van der Waals surface area contributed by atoms with Crippen LogP contribution in [0.3, 0.4) is 0 Å². The lowest BCUT2D eigenvalue weighted by molar-refractivity contribution is -0.384. The van der Waals surface area contributed by atoms with Crippen molar-refractivity contribution in [3.63, 3.8) is 0 Å². The van der Waals surface area contributed by atoms with Gasteiger partial charge in [0.25, 0.3) is 5.69 Å². The van der Waals surface area contributed by atoms with Crippen molar-refractivity contribution in [1.82, 2.24) is 0 Å². The standard InChI is InChI=1S/C12H18N2O3/c1-9(2)13(7-8-15)12-10(3)5-4-6-11(12)14(16)17/h4-6,9,15H,7-8H2,1-3H3. The fourth-order valence-electron chi connectivity index (χ4n) is 1.90. The zero-order chi connectivity index (χ0) is 13.0. The van der Waals surface area contributed by atoms with Crippen molar-refractivity contribution in [2.75, 3.05) is 18.1 Å². The number of para-hydroxylation sites is 1. The van der Waals surface area contributed by atoms with E-state index in [1.165, 1.54) is 6.07 Å². The molecule has 0 bridgehead atoms. The van der Waals surface area contributed by atoms with Gasteiger partial charge < -0.3 is 10.0 Å². The van der Waals surface area contributed by atoms with E-state index in [1.807, 2.05) is 31.7 Å². The molecule has 0 saturated carbocycles. The van der Waals surface area contributed by atoms with Crippen molar-refractivity contribution in [2.24, 2.45) is 0 Å². The van der Waals surface area contributed by atoms with Crippen LogP contribution < -0.4 is 4.90 Å². The zero-order valence-corrected chi connectivity index (χ0v) is 10.4. The Morgan fingerprint density at radius 3 is 2.59 bits per heavy atom. The van der Waals surface area contributed by atoms with Crippen molar-refractivity contribution >= 4 is 11.4 Å². The van der Waals surface area contributed by atoms with Gasteiger partial charge in [-0.15, -0.1) is 0 Å². The third-order valence-electron chi connectivity index (χ3n) is 2.66. The highest BCUT2D eigenvalue weighted by atomic mass is 16.6. The summed E-state index contributed by atoms with van der Waals surface area (Å²) in [5, 5.41) is 20.1. The van der Waals surface area contributed by atoms with Crippen LogP contribution in [-0.4, -0.2) is 29.2 Å². The predicted octanol–water partition coefficient (Wildman–Crippen LogP) is 2.11. The summed E-state index contributed by atoms with van der Waals surface area (Å²) in [6.45, 7) is 6.11. The average Bonchev–Trinajstić information content (AvgIpc) is 2.25. The molecular weight excluding hydrogens is 220 g/mol. The Labute approximate surface area is 101 Å². The summed E-state index contributed by atoms with van der Waals surface area (Å²) < 4.78 is 0. The highest BCUT2D eigenvalue weighted by Gasteiger charge is 2.22. The van der Waals surface area contributed by atoms with E-state index in [2.05, 4.69) is 0 Å². The number of aliphatic hydroxyl groups is 1. The Bertz CT molecular complexity index is 405. The molecule has 5 nitrogen and oxygen atoms in total. The molecule has 0 heterocycles. The van der Waals surface area contributed by atoms with Crippen LogP contribution in [0.15, 0.2) is 18.2 Å². The average molecular weight is 238 g/mol. The first-order valence-electron chi connectivity index (χ1n) is 5.60. The molecule has 1 rings (SSSR count). The molecule has 1 aromatic carbocycles. The molecule has 0 spiro atoms. The smallest absolute Gasteiger partial charge is 0.292 e. The van der Waals surface area contributed by atoms with Crippen LogP contribution in [0.2, 0.25) is 0 Å². The number of rotatable bonds is 5. The third kappa shape index (κ3) is 2.94. The molecule has 0 atom stereocenters. The van der Waals surface area contributed by atoms with Crippen LogP contribution in [0, 0.1) is 17.0 Å². The SMILES string of the molecule is Cc1cccc([N+](=O)[O-])c1N(CCO)C(C)C. The fourth-order valence-corrected chi connectivity index (χ4v) is 1.90. The molecule has 1 aromatic rings. The molecule has 0 aliphatic heterocycles. The van der Waals surface area contributed by atoms with Gasteiger partial charge in [0.05, 0.1) is 11.5 Å². The van der Waals surface area contributed by atoms with Gasteiger partial charge in [0.1, 0.15) is 5.69 Å². The Hall–Kier alpha value is -1.62. The fraction of sp³-hybridized carbons (Fsp3) is 0.500. The van der Waals surface area contributed by atoms with E-state index in [0.29, 0.717) is 12.2 Å². The first-order chi connectivity index (χ1) is 7.99. The Morgan fingerprint density at radius 2 is 2.12 bits per heavy atom. The number of aryl methyl sites for hydroxylation is 1. The van der Waals surface area contributed by atoms with Gasteiger partial charge >= 0.3 is 0 Å². The largest absolute Gasteiger partial charge is 0.395 e. The first kappa shape index (κ1) is 13.4. The molecule has 1 N–H and O–H groups in total. The second-order valence-electron chi connectivity index (χ2n) is 4.21. The topological polar surface area (TPSA) is 66.6 Å². The summed E-state index contributed by atoms with van der Waals surface area (Å²) in [5.41, 5.74) is 1.54. The normalized spacial score (nSPS) is 10.6. The summed E-state index contributed by atoms with van der Waals surface area (Å²) in [5.74, 6) is 0. The van der Waals surface area contributed by atoms with Crippen LogP contribution >= 0.6 is 0 Å². The van der Waals surface area contributed by atoms with Gasteiger partial charge in [-0.3, -0.25) is 10.1 Å². The minimum absolute atomic E-state index is 0.0241. The number of hydrogen-bond acceptors (Lipinski definition) is 4. The summed E-state index contributed by atoms with van der Waals surface area (Å²) in [7, 11) is 0. The summed E-state index contributed by atoms with van der Waals surface area (Å²) in [6.07, 6.45) is 0. The lowest BCUT2D eigenvalue weighted by Crippen LogP contribution is -2.34. The molecule has 0 saturated heterocycles. The number of nitro groups is 1. The molecular formula is C12H18N2O3. The minimum atomic E-state index is -0.380. The van der Waals surface area contributed by atoms with E-state index in [9.17, 15) is 10.1 Å². The predicted molar refractivity (Wildman–Crippen MR) is 67.4 cm³/mol. The summed E-state index contributed by atoms with van der Waals surface area (Å²) in [6, 6.07) is 5.11. The Morgan fingerprint density at radius 1 is 1.47 bits per heavy atom. The second-order valence-corrected chi connectivity index (χ2v) is 4.21. The van der Waals surface area contributed by atoms with Crippen molar-refractivity contribution in [3.8, 4) is 0 Å². The van der Waals surface area contributed by atoms with Crippen LogP contribution in [0.4, 0.5) is 11.4 Å². The van der Waals surface area contributed by atoms with Gasteiger partial charge in [0.2, 0.25) is 0 Å². The van der Waals surface area contributed by atoms with E-state index in [0.717, 1.165) is 5.56 Å². The molecule has 0 fully saturated rings. The van der Waals surface area contributed by atoms with E-state index >= 15 is 0 Å². The van der Waals surface area contributed by atoms with Gasteiger partial charge in [0.15, 0.2) is 0 Å². The summed E-state index contributed by atoms with van der Waals surface area (Å²) in [4.78, 5) is 12.5. The highest BCUT2D eigenvalue weighted by molar-refractivity contribution is 5.68. The quantitative estimate of drug-likeness (QED) is 0.630.